The van der Waals surface area contributed by atoms with Gasteiger partial charge in [0.15, 0.2) is 0 Å². The maximum absolute atomic E-state index is 12.9. The van der Waals surface area contributed by atoms with Crippen molar-refractivity contribution in [3.05, 3.63) is 59.7 Å². The molecule has 6 heteroatoms. The molecular weight excluding hydrogens is 336 g/mol. The molecule has 0 N–H and O–H groups in total. The average Bonchev–Trinajstić information content (AvgIpc) is 3.15. The Labute approximate surface area is 148 Å². The van der Waals surface area contributed by atoms with Crippen LogP contribution in [-0.4, -0.2) is 39.4 Å². The molecule has 2 aromatic carbocycles. The molecule has 0 bridgehead atoms. The maximum Gasteiger partial charge on any atom is 0.264 e. The molecule has 1 aliphatic rings. The number of aryl methyl sites for hydroxylation is 1. The smallest absolute Gasteiger partial charge is 0.264 e. The first-order chi connectivity index (χ1) is 11.9. The number of rotatable bonds is 4. The summed E-state index contributed by atoms with van der Waals surface area (Å²) in [7, 11) is -2.23. The lowest BCUT2D eigenvalue weighted by Crippen LogP contribution is -2.32. The second-order valence-electron chi connectivity index (χ2n) is 6.30. The minimum Gasteiger partial charge on any atom is -0.339 e. The van der Waals surface area contributed by atoms with E-state index >= 15 is 0 Å². The second kappa shape index (κ2) is 6.88. The Kier molecular flexibility index (Phi) is 4.81. The summed E-state index contributed by atoms with van der Waals surface area (Å²) in [6.45, 7) is 3.35. The normalized spacial score (nSPS) is 14.6. The maximum atomic E-state index is 12.9. The van der Waals surface area contributed by atoms with Crippen LogP contribution in [0.4, 0.5) is 5.69 Å². The molecule has 1 heterocycles. The first-order valence-electron chi connectivity index (χ1n) is 8.35. The average molecular weight is 358 g/mol. The SMILES string of the molecule is Cc1ccc(S(=O)(=O)N(C)c2ccccc2C(=O)N2CCCC2)cc1. The number of likely N-dealkylation sites (tertiary alicyclic amines) is 1. The minimum absolute atomic E-state index is 0.112. The highest BCUT2D eigenvalue weighted by atomic mass is 32.2. The van der Waals surface area contributed by atoms with Gasteiger partial charge in [0.1, 0.15) is 0 Å². The molecule has 5 nitrogen and oxygen atoms in total. The van der Waals surface area contributed by atoms with Crippen molar-refractivity contribution >= 4 is 21.6 Å². The van der Waals surface area contributed by atoms with Gasteiger partial charge in [-0.15, -0.1) is 0 Å². The fourth-order valence-electron chi connectivity index (χ4n) is 3.02. The van der Waals surface area contributed by atoms with E-state index < -0.39 is 10.0 Å². The highest BCUT2D eigenvalue weighted by Crippen LogP contribution is 2.27. The minimum atomic E-state index is -3.73. The molecule has 0 unspecified atom stereocenters. The van der Waals surface area contributed by atoms with Crippen molar-refractivity contribution in [2.75, 3.05) is 24.4 Å². The number of benzene rings is 2. The molecule has 0 aliphatic carbocycles. The van der Waals surface area contributed by atoms with Gasteiger partial charge in [0.25, 0.3) is 15.9 Å². The summed E-state index contributed by atoms with van der Waals surface area (Å²) in [6, 6.07) is 13.6. The van der Waals surface area contributed by atoms with Crippen LogP contribution in [-0.2, 0) is 10.0 Å². The zero-order valence-electron chi connectivity index (χ0n) is 14.5. The highest BCUT2D eigenvalue weighted by molar-refractivity contribution is 7.92. The van der Waals surface area contributed by atoms with Crippen molar-refractivity contribution in [2.24, 2.45) is 0 Å². The van der Waals surface area contributed by atoms with Crippen LogP contribution >= 0.6 is 0 Å². The number of sulfonamides is 1. The summed E-state index contributed by atoms with van der Waals surface area (Å²) in [4.78, 5) is 14.8. The van der Waals surface area contributed by atoms with Crippen molar-refractivity contribution < 1.29 is 13.2 Å². The van der Waals surface area contributed by atoms with Gasteiger partial charge in [-0.1, -0.05) is 29.8 Å². The number of amides is 1. The van der Waals surface area contributed by atoms with E-state index in [2.05, 4.69) is 0 Å². The first kappa shape index (κ1) is 17.5. The lowest BCUT2D eigenvalue weighted by atomic mass is 10.1. The summed E-state index contributed by atoms with van der Waals surface area (Å²) >= 11 is 0. The van der Waals surface area contributed by atoms with Crippen molar-refractivity contribution in [3.8, 4) is 0 Å². The van der Waals surface area contributed by atoms with Gasteiger partial charge in [-0.3, -0.25) is 9.10 Å². The Balaban J connectivity index is 1.98. The van der Waals surface area contributed by atoms with Crippen molar-refractivity contribution in [1.82, 2.24) is 4.90 Å². The third kappa shape index (κ3) is 3.39. The van der Waals surface area contributed by atoms with E-state index in [1.54, 1.807) is 53.4 Å². The molecule has 0 saturated carbocycles. The third-order valence-electron chi connectivity index (χ3n) is 4.55. The van der Waals surface area contributed by atoms with E-state index in [0.29, 0.717) is 11.3 Å². The lowest BCUT2D eigenvalue weighted by Gasteiger charge is -2.24. The van der Waals surface area contributed by atoms with Crippen LogP contribution in [0, 0.1) is 6.92 Å². The molecule has 1 fully saturated rings. The van der Waals surface area contributed by atoms with Gasteiger partial charge in [0.05, 0.1) is 16.1 Å². The van der Waals surface area contributed by atoms with Crippen LogP contribution in [0.2, 0.25) is 0 Å². The predicted molar refractivity (Wildman–Crippen MR) is 98.3 cm³/mol. The monoisotopic (exact) mass is 358 g/mol. The standard InChI is InChI=1S/C19H22N2O3S/c1-15-9-11-16(12-10-15)25(23,24)20(2)18-8-4-3-7-17(18)19(22)21-13-5-6-14-21/h3-4,7-12H,5-6,13-14H2,1-2H3. The van der Waals surface area contributed by atoms with Crippen LogP contribution < -0.4 is 4.31 Å². The lowest BCUT2D eigenvalue weighted by molar-refractivity contribution is 0.0793. The molecule has 2 aromatic rings. The van der Waals surface area contributed by atoms with E-state index in [0.717, 1.165) is 31.5 Å². The molecular formula is C19H22N2O3S. The first-order valence-corrected chi connectivity index (χ1v) is 9.79. The number of para-hydroxylation sites is 1. The van der Waals surface area contributed by atoms with Gasteiger partial charge < -0.3 is 4.90 Å². The summed E-state index contributed by atoms with van der Waals surface area (Å²) < 4.78 is 27.1. The Morgan fingerprint density at radius 2 is 1.60 bits per heavy atom. The molecule has 1 aliphatic heterocycles. The van der Waals surface area contributed by atoms with Crippen molar-refractivity contribution in [1.29, 1.82) is 0 Å². The summed E-state index contributed by atoms with van der Waals surface area (Å²) in [5, 5.41) is 0. The highest BCUT2D eigenvalue weighted by Gasteiger charge is 2.27. The number of hydrogen-bond acceptors (Lipinski definition) is 3. The zero-order valence-corrected chi connectivity index (χ0v) is 15.3. The fraction of sp³-hybridized carbons (Fsp3) is 0.316. The summed E-state index contributed by atoms with van der Waals surface area (Å²) in [5.41, 5.74) is 1.81. The van der Waals surface area contributed by atoms with Gasteiger partial charge in [-0.2, -0.15) is 0 Å². The number of carbonyl (C=O) groups is 1. The van der Waals surface area contributed by atoms with Gasteiger partial charge in [0, 0.05) is 20.1 Å². The van der Waals surface area contributed by atoms with E-state index in [4.69, 9.17) is 0 Å². The molecule has 1 saturated heterocycles. The van der Waals surface area contributed by atoms with Crippen LogP contribution in [0.5, 0.6) is 0 Å². The molecule has 1 amide bonds. The Morgan fingerprint density at radius 3 is 2.24 bits per heavy atom. The number of anilines is 1. The number of nitrogens with zero attached hydrogens (tertiary/aromatic N) is 2. The van der Waals surface area contributed by atoms with Gasteiger partial charge in [-0.05, 0) is 44.0 Å². The van der Waals surface area contributed by atoms with Gasteiger partial charge in [0.2, 0.25) is 0 Å². The van der Waals surface area contributed by atoms with E-state index in [-0.39, 0.29) is 10.8 Å². The Hall–Kier alpha value is -2.34. The number of hydrogen-bond donors (Lipinski definition) is 0. The topological polar surface area (TPSA) is 57.7 Å². The Morgan fingerprint density at radius 1 is 1.00 bits per heavy atom. The van der Waals surface area contributed by atoms with Crippen LogP contribution in [0.15, 0.2) is 53.4 Å². The van der Waals surface area contributed by atoms with Crippen molar-refractivity contribution in [2.45, 2.75) is 24.7 Å². The zero-order chi connectivity index (χ0) is 18.0. The van der Waals surface area contributed by atoms with E-state index in [1.165, 1.54) is 11.4 Å². The number of carbonyl (C=O) groups excluding carboxylic acids is 1. The molecule has 25 heavy (non-hydrogen) atoms. The van der Waals surface area contributed by atoms with Crippen LogP contribution in [0.25, 0.3) is 0 Å². The molecule has 132 valence electrons. The van der Waals surface area contributed by atoms with Crippen molar-refractivity contribution in [3.63, 3.8) is 0 Å². The molecule has 3 rings (SSSR count). The molecule has 0 radical (unpaired) electrons. The second-order valence-corrected chi connectivity index (χ2v) is 8.27. The molecule has 0 atom stereocenters. The predicted octanol–water partition coefficient (Wildman–Crippen LogP) is 3.06. The fourth-order valence-corrected chi connectivity index (χ4v) is 4.23. The Bertz CT molecular complexity index is 870. The van der Waals surface area contributed by atoms with E-state index in [9.17, 15) is 13.2 Å². The molecule has 0 aromatic heterocycles. The molecule has 0 spiro atoms. The largest absolute Gasteiger partial charge is 0.339 e. The summed E-state index contributed by atoms with van der Waals surface area (Å²) in [6.07, 6.45) is 1.98. The van der Waals surface area contributed by atoms with Gasteiger partial charge >= 0.3 is 0 Å². The van der Waals surface area contributed by atoms with Gasteiger partial charge in [-0.25, -0.2) is 8.42 Å². The van der Waals surface area contributed by atoms with E-state index in [1.807, 2.05) is 6.92 Å². The van der Waals surface area contributed by atoms with Crippen LogP contribution in [0.1, 0.15) is 28.8 Å². The third-order valence-corrected chi connectivity index (χ3v) is 6.33. The van der Waals surface area contributed by atoms with Crippen LogP contribution in [0.3, 0.4) is 0 Å². The quantitative estimate of drug-likeness (QED) is 0.844. The summed E-state index contributed by atoms with van der Waals surface area (Å²) in [5.74, 6) is -0.112.